The molecule has 1 atom stereocenters. The minimum Gasteiger partial charge on any atom is -0.479 e. The number of rotatable bonds is 7. The highest BCUT2D eigenvalue weighted by molar-refractivity contribution is 7.16. The van der Waals surface area contributed by atoms with Crippen LogP contribution in [0.5, 0.6) is 5.75 Å². The van der Waals surface area contributed by atoms with Crippen LogP contribution < -0.4 is 10.1 Å². The molecule has 1 N–H and O–H groups in total. The molecule has 150 valence electrons. The summed E-state index contributed by atoms with van der Waals surface area (Å²) in [5, 5.41) is 2.97. The van der Waals surface area contributed by atoms with Crippen LogP contribution in [-0.4, -0.2) is 37.7 Å². The lowest BCUT2D eigenvalue weighted by Crippen LogP contribution is -2.29. The minimum absolute atomic E-state index is 0.306. The number of amides is 1. The van der Waals surface area contributed by atoms with Crippen molar-refractivity contribution in [2.75, 3.05) is 19.0 Å². The highest BCUT2D eigenvalue weighted by Gasteiger charge is 2.23. The summed E-state index contributed by atoms with van der Waals surface area (Å²) in [7, 11) is 1.28. The summed E-state index contributed by atoms with van der Waals surface area (Å²) in [6.45, 7) is 6.59. The van der Waals surface area contributed by atoms with E-state index < -0.39 is 30.6 Å². The number of thiophene rings is 1. The molecule has 0 saturated carbocycles. The summed E-state index contributed by atoms with van der Waals surface area (Å²) in [6, 6.07) is 7.27. The number of nitrogens with one attached hydrogen (secondary N) is 1. The van der Waals surface area contributed by atoms with Crippen molar-refractivity contribution in [3.05, 3.63) is 45.8 Å². The molecule has 1 aromatic carbocycles. The fourth-order valence-corrected chi connectivity index (χ4v) is 3.49. The van der Waals surface area contributed by atoms with Gasteiger partial charge in [0.2, 0.25) is 0 Å². The summed E-state index contributed by atoms with van der Waals surface area (Å²) < 4.78 is 15.3. The summed E-state index contributed by atoms with van der Waals surface area (Å²) in [4.78, 5) is 37.0. The molecule has 2 aromatic rings. The van der Waals surface area contributed by atoms with E-state index in [4.69, 9.17) is 14.2 Å². The maximum absolute atomic E-state index is 12.2. The monoisotopic (exact) mass is 405 g/mol. The maximum atomic E-state index is 12.2. The quantitative estimate of drug-likeness (QED) is 0.710. The molecule has 0 fully saturated rings. The summed E-state index contributed by atoms with van der Waals surface area (Å²) >= 11 is 1.26. The number of benzene rings is 1. The molecule has 0 spiro atoms. The van der Waals surface area contributed by atoms with Gasteiger partial charge >= 0.3 is 11.9 Å². The molecule has 2 rings (SSSR count). The third-order valence-electron chi connectivity index (χ3n) is 4.01. The fraction of sp³-hybridized carbons (Fsp3) is 0.350. The molecular formula is C20H23NO6S. The SMILES string of the molecule is COC(=O)c1c(NC(=O)COC(=O)[C@H](C)Oc2cccc(C)c2)sc(C)c1C. The van der Waals surface area contributed by atoms with Crippen molar-refractivity contribution in [3.63, 3.8) is 0 Å². The Morgan fingerprint density at radius 2 is 1.89 bits per heavy atom. The Balaban J connectivity index is 1.93. The lowest BCUT2D eigenvalue weighted by atomic mass is 10.1. The normalized spacial score (nSPS) is 11.5. The Morgan fingerprint density at radius 1 is 1.18 bits per heavy atom. The van der Waals surface area contributed by atoms with Gasteiger partial charge in [-0.15, -0.1) is 11.3 Å². The predicted octanol–water partition coefficient (Wildman–Crippen LogP) is 3.41. The van der Waals surface area contributed by atoms with Crippen molar-refractivity contribution in [1.29, 1.82) is 0 Å². The van der Waals surface area contributed by atoms with Gasteiger partial charge in [-0.25, -0.2) is 9.59 Å². The van der Waals surface area contributed by atoms with Crippen molar-refractivity contribution in [2.45, 2.75) is 33.8 Å². The van der Waals surface area contributed by atoms with Crippen LogP contribution in [-0.2, 0) is 19.1 Å². The van der Waals surface area contributed by atoms with Gasteiger partial charge in [0.1, 0.15) is 10.8 Å². The summed E-state index contributed by atoms with van der Waals surface area (Å²) in [5.41, 5.74) is 2.05. The largest absolute Gasteiger partial charge is 0.479 e. The van der Waals surface area contributed by atoms with Crippen LogP contribution in [0, 0.1) is 20.8 Å². The molecule has 0 radical (unpaired) electrons. The van der Waals surface area contributed by atoms with E-state index in [1.165, 1.54) is 18.4 Å². The van der Waals surface area contributed by atoms with Crippen molar-refractivity contribution in [1.82, 2.24) is 0 Å². The van der Waals surface area contributed by atoms with E-state index in [-0.39, 0.29) is 0 Å². The zero-order chi connectivity index (χ0) is 20.8. The second-order valence-corrected chi connectivity index (χ2v) is 7.44. The summed E-state index contributed by atoms with van der Waals surface area (Å²) in [5.74, 6) is -1.21. The number of hydrogen-bond acceptors (Lipinski definition) is 7. The second-order valence-electron chi connectivity index (χ2n) is 6.21. The van der Waals surface area contributed by atoms with E-state index in [2.05, 4.69) is 5.32 Å². The third-order valence-corrected chi connectivity index (χ3v) is 5.13. The highest BCUT2D eigenvalue weighted by atomic mass is 32.1. The summed E-state index contributed by atoms with van der Waals surface area (Å²) in [6.07, 6.45) is -0.869. The Kier molecular flexibility index (Phi) is 7.17. The van der Waals surface area contributed by atoms with Crippen LogP contribution in [0.4, 0.5) is 5.00 Å². The van der Waals surface area contributed by atoms with Gasteiger partial charge in [0.05, 0.1) is 12.7 Å². The average Bonchev–Trinajstić information content (AvgIpc) is 2.92. The molecule has 28 heavy (non-hydrogen) atoms. The van der Waals surface area contributed by atoms with Crippen molar-refractivity contribution >= 4 is 34.2 Å². The Hall–Kier alpha value is -2.87. The van der Waals surface area contributed by atoms with Gasteiger partial charge in [-0.3, -0.25) is 4.79 Å². The minimum atomic E-state index is -0.869. The first-order chi connectivity index (χ1) is 13.2. The number of hydrogen-bond donors (Lipinski definition) is 1. The highest BCUT2D eigenvalue weighted by Crippen LogP contribution is 2.32. The third kappa shape index (κ3) is 5.32. The van der Waals surface area contributed by atoms with Gasteiger partial charge < -0.3 is 19.5 Å². The molecule has 0 unspecified atom stereocenters. The van der Waals surface area contributed by atoms with Crippen molar-refractivity contribution < 1.29 is 28.6 Å². The van der Waals surface area contributed by atoms with Gasteiger partial charge in [-0.1, -0.05) is 12.1 Å². The molecule has 0 bridgehead atoms. The molecule has 0 aliphatic rings. The lowest BCUT2D eigenvalue weighted by molar-refractivity contribution is -0.153. The van der Waals surface area contributed by atoms with Crippen molar-refractivity contribution in [2.24, 2.45) is 0 Å². The van der Waals surface area contributed by atoms with E-state index >= 15 is 0 Å². The molecule has 0 saturated heterocycles. The molecular weight excluding hydrogens is 382 g/mol. The van der Waals surface area contributed by atoms with Gasteiger partial charge in [-0.2, -0.15) is 0 Å². The molecule has 0 aliphatic carbocycles. The van der Waals surface area contributed by atoms with Crippen LogP contribution in [0.2, 0.25) is 0 Å². The van der Waals surface area contributed by atoms with Crippen LogP contribution in [0.1, 0.15) is 33.3 Å². The topological polar surface area (TPSA) is 90.9 Å². The van der Waals surface area contributed by atoms with E-state index in [1.807, 2.05) is 26.0 Å². The maximum Gasteiger partial charge on any atom is 0.347 e. The lowest BCUT2D eigenvalue weighted by Gasteiger charge is -2.14. The Bertz CT molecular complexity index is 889. The fourth-order valence-electron chi connectivity index (χ4n) is 2.42. The van der Waals surface area contributed by atoms with Crippen molar-refractivity contribution in [3.8, 4) is 5.75 Å². The number of aryl methyl sites for hydroxylation is 2. The first-order valence-electron chi connectivity index (χ1n) is 8.61. The van der Waals surface area contributed by atoms with E-state index in [1.54, 1.807) is 26.0 Å². The zero-order valence-corrected chi connectivity index (χ0v) is 17.3. The first-order valence-corrected chi connectivity index (χ1v) is 9.42. The number of methoxy groups -OCH3 is 1. The average molecular weight is 405 g/mol. The molecule has 1 heterocycles. The number of anilines is 1. The van der Waals surface area contributed by atoms with Gasteiger partial charge in [-0.05, 0) is 51.0 Å². The van der Waals surface area contributed by atoms with Gasteiger partial charge in [0.15, 0.2) is 12.7 Å². The number of ether oxygens (including phenoxy) is 3. The molecule has 0 aliphatic heterocycles. The zero-order valence-electron chi connectivity index (χ0n) is 16.5. The standard InChI is InChI=1S/C20H23NO6S/c1-11-7-6-8-15(9-11)27-13(3)19(23)26-10-16(22)21-18-17(20(24)25-5)12(2)14(4)28-18/h6-9,13H,10H2,1-5H3,(H,21,22)/t13-/m0/s1. The smallest absolute Gasteiger partial charge is 0.347 e. The molecule has 1 aromatic heterocycles. The van der Waals surface area contributed by atoms with Crippen LogP contribution in [0.15, 0.2) is 24.3 Å². The van der Waals surface area contributed by atoms with E-state index in [0.29, 0.717) is 16.3 Å². The number of carbonyl (C=O) groups excluding carboxylic acids is 3. The molecule has 7 nitrogen and oxygen atoms in total. The second kappa shape index (κ2) is 9.36. The van der Waals surface area contributed by atoms with Crippen LogP contribution in [0.3, 0.4) is 0 Å². The number of esters is 2. The Labute approximate surface area is 167 Å². The van der Waals surface area contributed by atoms with Crippen LogP contribution in [0.25, 0.3) is 0 Å². The molecule has 8 heteroatoms. The van der Waals surface area contributed by atoms with E-state index in [0.717, 1.165) is 16.0 Å². The van der Waals surface area contributed by atoms with Crippen LogP contribution >= 0.6 is 11.3 Å². The first kappa shape index (κ1) is 21.4. The van der Waals surface area contributed by atoms with E-state index in [9.17, 15) is 14.4 Å². The predicted molar refractivity (Wildman–Crippen MR) is 106 cm³/mol. The molecule has 1 amide bonds. The van der Waals surface area contributed by atoms with Gasteiger partial charge in [0.25, 0.3) is 5.91 Å². The van der Waals surface area contributed by atoms with Gasteiger partial charge in [0, 0.05) is 4.88 Å². The Morgan fingerprint density at radius 3 is 2.54 bits per heavy atom. The number of carbonyl (C=O) groups is 3.